The molecule has 1 N–H and O–H groups in total. The van der Waals surface area contributed by atoms with Crippen LogP contribution in [0.1, 0.15) is 38.5 Å². The lowest BCUT2D eigenvalue weighted by Crippen LogP contribution is -2.47. The second-order valence-corrected chi connectivity index (χ2v) is 11.7. The summed E-state index contributed by atoms with van der Waals surface area (Å²) in [5.41, 5.74) is 0.385. The highest BCUT2D eigenvalue weighted by molar-refractivity contribution is 7.99. The van der Waals surface area contributed by atoms with Crippen molar-refractivity contribution < 1.29 is 18.3 Å². The van der Waals surface area contributed by atoms with Gasteiger partial charge in [0.15, 0.2) is 15.0 Å². The number of amides is 1. The molecule has 1 atom stereocenters. The fraction of sp³-hybridized carbons (Fsp3) is 0.591. The number of benzene rings is 1. The number of fused-ring (bicyclic) bond motifs is 1. The van der Waals surface area contributed by atoms with Gasteiger partial charge in [0.25, 0.3) is 5.56 Å². The van der Waals surface area contributed by atoms with E-state index in [4.69, 9.17) is 0 Å². The van der Waals surface area contributed by atoms with Gasteiger partial charge in [-0.1, -0.05) is 36.7 Å². The van der Waals surface area contributed by atoms with Gasteiger partial charge in [-0.3, -0.25) is 14.2 Å². The molecule has 2 heterocycles. The predicted octanol–water partition coefficient (Wildman–Crippen LogP) is 1.83. The third kappa shape index (κ3) is 5.02. The van der Waals surface area contributed by atoms with Crippen LogP contribution >= 0.6 is 11.8 Å². The second kappa shape index (κ2) is 9.93. The first-order chi connectivity index (χ1) is 15.4. The number of para-hydroxylation sites is 1. The zero-order valence-corrected chi connectivity index (χ0v) is 19.6. The maximum absolute atomic E-state index is 13.3. The predicted molar refractivity (Wildman–Crippen MR) is 125 cm³/mol. The molecule has 1 saturated carbocycles. The molecule has 0 radical (unpaired) electrons. The highest BCUT2D eigenvalue weighted by Gasteiger charge is 2.39. The van der Waals surface area contributed by atoms with Gasteiger partial charge in [-0.15, -0.1) is 0 Å². The lowest BCUT2D eigenvalue weighted by atomic mass is 10.1. The van der Waals surface area contributed by atoms with Crippen LogP contribution in [0, 0.1) is 0 Å². The minimum absolute atomic E-state index is 0.0370. The van der Waals surface area contributed by atoms with E-state index in [0.29, 0.717) is 35.4 Å². The van der Waals surface area contributed by atoms with Crippen LogP contribution in [0.4, 0.5) is 0 Å². The van der Waals surface area contributed by atoms with E-state index in [1.807, 2.05) is 11.0 Å². The number of carbonyl (C=O) groups excluding carboxylic acids is 1. The van der Waals surface area contributed by atoms with Gasteiger partial charge in [0.05, 0.1) is 28.2 Å². The van der Waals surface area contributed by atoms with Gasteiger partial charge in [0.1, 0.15) is 0 Å². The number of aliphatic hydroxyl groups excluding tert-OH is 1. The average Bonchev–Trinajstić information content (AvgIpc) is 3.42. The summed E-state index contributed by atoms with van der Waals surface area (Å²) in [7, 11) is -3.10. The van der Waals surface area contributed by atoms with E-state index >= 15 is 0 Å². The van der Waals surface area contributed by atoms with Gasteiger partial charge in [-0.25, -0.2) is 13.4 Å². The number of aliphatic hydroxyl groups is 1. The first-order valence-electron chi connectivity index (χ1n) is 11.1. The summed E-state index contributed by atoms with van der Waals surface area (Å²) in [4.78, 5) is 32.8. The van der Waals surface area contributed by atoms with Crippen LogP contribution in [0.15, 0.2) is 34.2 Å². The molecule has 2 aromatic rings. The Morgan fingerprint density at radius 2 is 1.94 bits per heavy atom. The van der Waals surface area contributed by atoms with Crippen LogP contribution in [0.5, 0.6) is 0 Å². The van der Waals surface area contributed by atoms with Crippen LogP contribution in [0.25, 0.3) is 10.9 Å². The molecule has 1 aliphatic carbocycles. The molecule has 174 valence electrons. The quantitative estimate of drug-likeness (QED) is 0.454. The molecule has 2 fully saturated rings. The summed E-state index contributed by atoms with van der Waals surface area (Å²) in [6.45, 7) is 0.269. The molecule has 8 nitrogen and oxygen atoms in total. The van der Waals surface area contributed by atoms with Gasteiger partial charge in [-0.05, 0) is 37.8 Å². The molecule has 32 heavy (non-hydrogen) atoms. The van der Waals surface area contributed by atoms with Crippen molar-refractivity contribution in [2.75, 3.05) is 23.9 Å². The second-order valence-electron chi connectivity index (χ2n) is 8.53. The minimum Gasteiger partial charge on any atom is -0.396 e. The number of hydrogen-bond acceptors (Lipinski definition) is 7. The third-order valence-electron chi connectivity index (χ3n) is 6.30. The lowest BCUT2D eigenvalue weighted by Gasteiger charge is -2.34. The Balaban J connectivity index is 1.58. The molecule has 1 aliphatic heterocycles. The van der Waals surface area contributed by atoms with Gasteiger partial charge >= 0.3 is 0 Å². The molecule has 4 rings (SSSR count). The Labute approximate surface area is 191 Å². The molecular formula is C22H29N3O5S2. The summed E-state index contributed by atoms with van der Waals surface area (Å²) in [6.07, 6.45) is 4.81. The van der Waals surface area contributed by atoms with Crippen molar-refractivity contribution in [1.82, 2.24) is 14.5 Å². The topological polar surface area (TPSA) is 110 Å². The summed E-state index contributed by atoms with van der Waals surface area (Å²) < 4.78 is 25.6. The molecule has 1 unspecified atom stereocenters. The molecule has 1 aromatic carbocycles. The monoisotopic (exact) mass is 479 g/mol. The summed E-state index contributed by atoms with van der Waals surface area (Å²) in [5, 5.41) is 10.2. The van der Waals surface area contributed by atoms with Crippen molar-refractivity contribution in [3.05, 3.63) is 34.6 Å². The SMILES string of the molecule is O=C(CSc1nc2ccccc2c(=O)n1CCCO)N(C1CCCC1)C1CCS(=O)(=O)C1. The Morgan fingerprint density at radius 1 is 1.19 bits per heavy atom. The van der Waals surface area contributed by atoms with Crippen LogP contribution in [-0.4, -0.2) is 69.8 Å². The Morgan fingerprint density at radius 3 is 2.62 bits per heavy atom. The fourth-order valence-electron chi connectivity index (χ4n) is 4.77. The van der Waals surface area contributed by atoms with Crippen molar-refractivity contribution in [2.24, 2.45) is 0 Å². The Bertz CT molecular complexity index is 1140. The maximum atomic E-state index is 13.3. The van der Waals surface area contributed by atoms with Crippen LogP contribution < -0.4 is 5.56 Å². The first kappa shape index (κ1) is 23.3. The number of nitrogens with zero attached hydrogens (tertiary/aromatic N) is 3. The Kier molecular flexibility index (Phi) is 7.21. The molecular weight excluding hydrogens is 450 g/mol. The highest BCUT2D eigenvalue weighted by atomic mass is 32.2. The van der Waals surface area contributed by atoms with Crippen molar-refractivity contribution in [1.29, 1.82) is 0 Å². The van der Waals surface area contributed by atoms with Gasteiger partial charge in [0.2, 0.25) is 5.91 Å². The smallest absolute Gasteiger partial charge is 0.262 e. The van der Waals surface area contributed by atoms with Crippen molar-refractivity contribution in [3.8, 4) is 0 Å². The van der Waals surface area contributed by atoms with Crippen molar-refractivity contribution in [3.63, 3.8) is 0 Å². The number of carbonyl (C=O) groups is 1. The van der Waals surface area contributed by atoms with Crippen LogP contribution in [0.2, 0.25) is 0 Å². The lowest BCUT2D eigenvalue weighted by molar-refractivity contribution is -0.132. The van der Waals surface area contributed by atoms with Crippen LogP contribution in [0.3, 0.4) is 0 Å². The largest absolute Gasteiger partial charge is 0.396 e. The van der Waals surface area contributed by atoms with E-state index in [0.717, 1.165) is 25.7 Å². The molecule has 1 aromatic heterocycles. The van der Waals surface area contributed by atoms with E-state index in [2.05, 4.69) is 4.98 Å². The van der Waals surface area contributed by atoms with Crippen molar-refractivity contribution >= 4 is 38.4 Å². The summed E-state index contributed by atoms with van der Waals surface area (Å²) in [6, 6.07) is 6.91. The average molecular weight is 480 g/mol. The first-order valence-corrected chi connectivity index (χ1v) is 13.9. The number of aromatic nitrogens is 2. The van der Waals surface area contributed by atoms with E-state index in [-0.39, 0.29) is 47.4 Å². The summed E-state index contributed by atoms with van der Waals surface area (Å²) in [5.74, 6) is 0.167. The van der Waals surface area contributed by atoms with E-state index in [1.165, 1.54) is 16.3 Å². The minimum atomic E-state index is -3.10. The normalized spacial score (nSPS) is 20.7. The highest BCUT2D eigenvalue weighted by Crippen LogP contribution is 2.30. The van der Waals surface area contributed by atoms with E-state index in [9.17, 15) is 23.1 Å². The number of sulfone groups is 1. The fourth-order valence-corrected chi connectivity index (χ4v) is 7.37. The molecule has 2 aliphatic rings. The van der Waals surface area contributed by atoms with E-state index in [1.54, 1.807) is 18.2 Å². The Hall–Kier alpha value is -1.91. The number of hydrogen-bond donors (Lipinski definition) is 1. The zero-order chi connectivity index (χ0) is 22.7. The van der Waals surface area contributed by atoms with Crippen LogP contribution in [-0.2, 0) is 21.2 Å². The third-order valence-corrected chi connectivity index (χ3v) is 9.01. The van der Waals surface area contributed by atoms with Gasteiger partial charge in [-0.2, -0.15) is 0 Å². The summed E-state index contributed by atoms with van der Waals surface area (Å²) >= 11 is 1.21. The molecule has 1 amide bonds. The van der Waals surface area contributed by atoms with Crippen molar-refractivity contribution in [2.45, 2.75) is 62.3 Å². The number of thioether (sulfide) groups is 1. The van der Waals surface area contributed by atoms with E-state index < -0.39 is 9.84 Å². The van der Waals surface area contributed by atoms with Gasteiger partial charge in [0, 0.05) is 25.2 Å². The molecule has 10 heteroatoms. The molecule has 0 spiro atoms. The molecule has 0 bridgehead atoms. The molecule has 1 saturated heterocycles. The zero-order valence-electron chi connectivity index (χ0n) is 18.0. The van der Waals surface area contributed by atoms with Gasteiger partial charge < -0.3 is 10.0 Å². The maximum Gasteiger partial charge on any atom is 0.262 e. The standard InChI is InChI=1S/C22H29N3O5S2/c26-12-5-11-24-21(28)18-8-3-4-9-19(18)23-22(24)31-14-20(27)25(16-6-1-2-7-16)17-10-13-32(29,30)15-17/h3-4,8-9,16-17,26H,1-2,5-7,10-15H2. The number of rotatable bonds is 8.